The third-order valence-electron chi connectivity index (χ3n) is 3.92. The van der Waals surface area contributed by atoms with Gasteiger partial charge in [0.15, 0.2) is 0 Å². The van der Waals surface area contributed by atoms with Crippen molar-refractivity contribution in [1.29, 1.82) is 0 Å². The highest BCUT2D eigenvalue weighted by Gasteiger charge is 2.27. The molecule has 0 aliphatic carbocycles. The van der Waals surface area contributed by atoms with Crippen molar-refractivity contribution in [2.24, 2.45) is 0 Å². The van der Waals surface area contributed by atoms with Crippen molar-refractivity contribution in [1.82, 2.24) is 4.90 Å². The SMILES string of the molecule is C[C@H]1CN(C(=O)c2ccccc2Nc2ccccc2)C[C@H](C)O1. The second kappa shape index (κ2) is 6.84. The van der Waals surface area contributed by atoms with Crippen LogP contribution in [-0.4, -0.2) is 36.1 Å². The number of rotatable bonds is 3. The summed E-state index contributed by atoms with van der Waals surface area (Å²) in [7, 11) is 0. The average molecular weight is 310 g/mol. The number of nitrogens with zero attached hydrogens (tertiary/aromatic N) is 1. The Bertz CT molecular complexity index is 662. The van der Waals surface area contributed by atoms with Crippen LogP contribution in [0.4, 0.5) is 11.4 Å². The summed E-state index contributed by atoms with van der Waals surface area (Å²) in [5.74, 6) is 0.0473. The summed E-state index contributed by atoms with van der Waals surface area (Å²) in [5, 5.41) is 3.34. The van der Waals surface area contributed by atoms with Crippen molar-refractivity contribution < 1.29 is 9.53 Å². The average Bonchev–Trinajstić information content (AvgIpc) is 2.55. The largest absolute Gasteiger partial charge is 0.372 e. The molecule has 0 spiro atoms. The van der Waals surface area contributed by atoms with Crippen molar-refractivity contribution in [3.63, 3.8) is 0 Å². The van der Waals surface area contributed by atoms with Gasteiger partial charge in [0.25, 0.3) is 5.91 Å². The zero-order chi connectivity index (χ0) is 16.2. The predicted octanol–water partition coefficient (Wildman–Crippen LogP) is 3.68. The number of hydrogen-bond acceptors (Lipinski definition) is 3. The summed E-state index contributed by atoms with van der Waals surface area (Å²) in [5.41, 5.74) is 2.49. The van der Waals surface area contributed by atoms with E-state index in [0.29, 0.717) is 18.7 Å². The molecule has 1 aliphatic rings. The minimum atomic E-state index is 0.0473. The molecular weight excluding hydrogens is 288 g/mol. The molecule has 2 aromatic rings. The summed E-state index contributed by atoms with van der Waals surface area (Å²) in [6, 6.07) is 17.5. The molecule has 1 heterocycles. The van der Waals surface area contributed by atoms with Crippen molar-refractivity contribution in [2.45, 2.75) is 26.1 Å². The molecule has 0 bridgehead atoms. The Morgan fingerprint density at radius 1 is 1.00 bits per heavy atom. The molecule has 23 heavy (non-hydrogen) atoms. The molecular formula is C19H22N2O2. The molecule has 0 radical (unpaired) electrons. The van der Waals surface area contributed by atoms with Gasteiger partial charge in [-0.1, -0.05) is 30.3 Å². The third-order valence-corrected chi connectivity index (χ3v) is 3.92. The van der Waals surface area contributed by atoms with E-state index in [1.54, 1.807) is 0 Å². The zero-order valence-corrected chi connectivity index (χ0v) is 13.5. The first-order valence-electron chi connectivity index (χ1n) is 7.99. The number of carbonyl (C=O) groups excluding carboxylic acids is 1. The first-order chi connectivity index (χ1) is 11.1. The van der Waals surface area contributed by atoms with E-state index in [4.69, 9.17) is 4.74 Å². The van der Waals surface area contributed by atoms with Gasteiger partial charge < -0.3 is 15.0 Å². The van der Waals surface area contributed by atoms with Gasteiger partial charge in [0, 0.05) is 18.8 Å². The maximum Gasteiger partial charge on any atom is 0.256 e. The van der Waals surface area contributed by atoms with E-state index in [0.717, 1.165) is 11.4 Å². The monoisotopic (exact) mass is 310 g/mol. The van der Waals surface area contributed by atoms with E-state index in [1.165, 1.54) is 0 Å². The Balaban J connectivity index is 1.83. The molecule has 120 valence electrons. The molecule has 1 fully saturated rings. The number of ether oxygens (including phenoxy) is 1. The molecule has 4 nitrogen and oxygen atoms in total. The number of hydrogen-bond donors (Lipinski definition) is 1. The fourth-order valence-corrected chi connectivity index (χ4v) is 2.97. The Hall–Kier alpha value is -2.33. The summed E-state index contributed by atoms with van der Waals surface area (Å²) in [6.45, 7) is 5.26. The molecule has 1 aliphatic heterocycles. The van der Waals surface area contributed by atoms with E-state index >= 15 is 0 Å². The number of carbonyl (C=O) groups is 1. The van der Waals surface area contributed by atoms with Crippen LogP contribution in [0, 0.1) is 0 Å². The van der Waals surface area contributed by atoms with Gasteiger partial charge in [0.05, 0.1) is 23.5 Å². The maximum absolute atomic E-state index is 12.9. The first kappa shape index (κ1) is 15.6. The summed E-state index contributed by atoms with van der Waals surface area (Å²) >= 11 is 0. The minimum Gasteiger partial charge on any atom is -0.372 e. The quantitative estimate of drug-likeness (QED) is 0.940. The van der Waals surface area contributed by atoms with Gasteiger partial charge in [0.2, 0.25) is 0 Å². The molecule has 1 amide bonds. The van der Waals surface area contributed by atoms with E-state index in [-0.39, 0.29) is 18.1 Å². The predicted molar refractivity (Wildman–Crippen MR) is 92.1 cm³/mol. The second-order valence-electron chi connectivity index (χ2n) is 6.00. The Morgan fingerprint density at radius 2 is 1.61 bits per heavy atom. The topological polar surface area (TPSA) is 41.6 Å². The number of nitrogens with one attached hydrogen (secondary N) is 1. The van der Waals surface area contributed by atoms with Crippen LogP contribution in [0.5, 0.6) is 0 Å². The van der Waals surface area contributed by atoms with E-state index < -0.39 is 0 Å². The van der Waals surface area contributed by atoms with E-state index in [1.807, 2.05) is 73.3 Å². The number of morpholine rings is 1. The van der Waals surface area contributed by atoms with Crippen LogP contribution in [0.2, 0.25) is 0 Å². The lowest BCUT2D eigenvalue weighted by molar-refractivity contribution is -0.0585. The van der Waals surface area contributed by atoms with E-state index in [9.17, 15) is 4.79 Å². The van der Waals surface area contributed by atoms with Crippen molar-refractivity contribution >= 4 is 17.3 Å². The van der Waals surface area contributed by atoms with Crippen LogP contribution in [0.25, 0.3) is 0 Å². The van der Waals surface area contributed by atoms with Gasteiger partial charge in [-0.05, 0) is 38.1 Å². The highest BCUT2D eigenvalue weighted by atomic mass is 16.5. The lowest BCUT2D eigenvalue weighted by Gasteiger charge is -2.35. The van der Waals surface area contributed by atoms with Crippen molar-refractivity contribution in [2.75, 3.05) is 18.4 Å². The number of para-hydroxylation sites is 2. The zero-order valence-electron chi connectivity index (χ0n) is 13.5. The first-order valence-corrected chi connectivity index (χ1v) is 7.99. The smallest absolute Gasteiger partial charge is 0.256 e. The minimum absolute atomic E-state index is 0.0473. The van der Waals surface area contributed by atoms with Gasteiger partial charge in [-0.15, -0.1) is 0 Å². The van der Waals surface area contributed by atoms with Gasteiger partial charge in [-0.25, -0.2) is 0 Å². The van der Waals surface area contributed by atoms with Crippen molar-refractivity contribution in [3.05, 3.63) is 60.2 Å². The molecule has 1 saturated heterocycles. The Morgan fingerprint density at radius 3 is 2.30 bits per heavy atom. The molecule has 0 saturated carbocycles. The Labute approximate surface area is 137 Å². The lowest BCUT2D eigenvalue weighted by atomic mass is 10.1. The normalized spacial score (nSPS) is 21.0. The highest BCUT2D eigenvalue weighted by molar-refractivity contribution is 6.00. The van der Waals surface area contributed by atoms with Crippen molar-refractivity contribution in [3.8, 4) is 0 Å². The van der Waals surface area contributed by atoms with Gasteiger partial charge in [0.1, 0.15) is 0 Å². The molecule has 2 aromatic carbocycles. The Kier molecular flexibility index (Phi) is 4.63. The molecule has 0 unspecified atom stereocenters. The summed E-state index contributed by atoms with van der Waals surface area (Å²) in [6.07, 6.45) is 0.133. The molecule has 1 N–H and O–H groups in total. The molecule has 0 aromatic heterocycles. The van der Waals surface area contributed by atoms with Gasteiger partial charge in [-0.2, -0.15) is 0 Å². The maximum atomic E-state index is 12.9. The number of anilines is 2. The number of benzene rings is 2. The van der Waals surface area contributed by atoms with Crippen LogP contribution in [0.3, 0.4) is 0 Å². The van der Waals surface area contributed by atoms with Gasteiger partial charge in [-0.3, -0.25) is 4.79 Å². The fourth-order valence-electron chi connectivity index (χ4n) is 2.97. The standard InChI is InChI=1S/C19H22N2O2/c1-14-12-21(13-15(2)23-14)19(22)17-10-6-7-11-18(17)20-16-8-4-3-5-9-16/h3-11,14-15,20H,12-13H2,1-2H3/t14-,15-/m0/s1. The van der Waals surface area contributed by atoms with E-state index in [2.05, 4.69) is 5.32 Å². The molecule has 3 rings (SSSR count). The highest BCUT2D eigenvalue weighted by Crippen LogP contribution is 2.23. The van der Waals surface area contributed by atoms with Crippen LogP contribution in [-0.2, 0) is 4.74 Å². The molecule has 4 heteroatoms. The lowest BCUT2D eigenvalue weighted by Crippen LogP contribution is -2.48. The third kappa shape index (κ3) is 3.71. The second-order valence-corrected chi connectivity index (χ2v) is 6.00. The van der Waals surface area contributed by atoms with Crippen LogP contribution in [0.1, 0.15) is 24.2 Å². The van der Waals surface area contributed by atoms with Crippen LogP contribution < -0.4 is 5.32 Å². The van der Waals surface area contributed by atoms with Crippen LogP contribution in [0.15, 0.2) is 54.6 Å². The molecule has 2 atom stereocenters. The fraction of sp³-hybridized carbons (Fsp3) is 0.316. The van der Waals surface area contributed by atoms with Gasteiger partial charge >= 0.3 is 0 Å². The summed E-state index contributed by atoms with van der Waals surface area (Å²) < 4.78 is 5.72. The van der Waals surface area contributed by atoms with Crippen LogP contribution >= 0.6 is 0 Å². The number of amides is 1. The summed E-state index contributed by atoms with van der Waals surface area (Å²) in [4.78, 5) is 14.8.